The molecule has 1 aromatic carbocycles. The van der Waals surface area contributed by atoms with Gasteiger partial charge in [0.25, 0.3) is 0 Å². The Kier molecular flexibility index (Phi) is 11.4. The van der Waals surface area contributed by atoms with Gasteiger partial charge in [0.05, 0.1) is 27.2 Å². The maximum Gasteiger partial charge on any atom is 0.364 e. The number of esters is 3. The highest BCUT2D eigenvalue weighted by Gasteiger charge is 2.27. The van der Waals surface area contributed by atoms with Gasteiger partial charge in [-0.25, -0.2) is 9.59 Å². The zero-order valence-electron chi connectivity index (χ0n) is 18.5. The largest absolute Gasteiger partial charge is 0.467 e. The van der Waals surface area contributed by atoms with Gasteiger partial charge < -0.3 is 30.2 Å². The van der Waals surface area contributed by atoms with Crippen molar-refractivity contribution in [1.29, 1.82) is 0 Å². The van der Waals surface area contributed by atoms with Crippen LogP contribution in [0, 0.1) is 0 Å². The summed E-state index contributed by atoms with van der Waals surface area (Å²) in [6.07, 6.45) is -0.278. The third kappa shape index (κ3) is 9.56. The molecule has 4 N–H and O–H groups in total. The fourth-order valence-corrected chi connectivity index (χ4v) is 2.62. The number of carbonyl (C=O) groups excluding carboxylic acids is 5. The lowest BCUT2D eigenvalue weighted by atomic mass is 10.1. The van der Waals surface area contributed by atoms with Crippen LogP contribution in [0.2, 0.25) is 0 Å². The van der Waals surface area contributed by atoms with Crippen molar-refractivity contribution < 1.29 is 43.9 Å². The quantitative estimate of drug-likeness (QED) is 0.296. The smallest absolute Gasteiger partial charge is 0.364 e. The van der Waals surface area contributed by atoms with Crippen molar-refractivity contribution in [3.8, 4) is 0 Å². The summed E-state index contributed by atoms with van der Waals surface area (Å²) in [7, 11) is 3.76. The second-order valence-electron chi connectivity index (χ2n) is 7.00. The summed E-state index contributed by atoms with van der Waals surface area (Å²) in [5.41, 5.74) is 4.39. The number of nitrogens with zero attached hydrogens (tertiary/aromatic N) is 1. The molecule has 2 atom stereocenters. The summed E-state index contributed by atoms with van der Waals surface area (Å²) in [5, 5.41) is 2.38. The molecule has 0 bridgehead atoms. The molecule has 2 amide bonds. The third-order valence-corrected chi connectivity index (χ3v) is 4.48. The number of ether oxygens (including phenoxy) is 3. The minimum atomic E-state index is -1.26. The Bertz CT molecular complexity index is 799. The highest BCUT2D eigenvalue weighted by atomic mass is 16.5. The monoisotopic (exact) mass is 452 g/mol. The SMILES string of the molecule is COC(=O)[C@H]([NH3+])CCC(=O)N(C)CC(=O)N[C@H](CC(=O)OCc1ccccc1)C(=O)OC. The first-order chi connectivity index (χ1) is 15.2. The molecule has 0 unspecified atom stereocenters. The van der Waals surface area contributed by atoms with Gasteiger partial charge in [0, 0.05) is 19.9 Å². The Morgan fingerprint density at radius 1 is 1.03 bits per heavy atom. The van der Waals surface area contributed by atoms with E-state index in [4.69, 9.17) is 4.74 Å². The number of quaternary nitrogens is 1. The zero-order valence-corrected chi connectivity index (χ0v) is 18.5. The van der Waals surface area contributed by atoms with Crippen molar-refractivity contribution in [2.45, 2.75) is 38.0 Å². The Morgan fingerprint density at radius 2 is 1.66 bits per heavy atom. The van der Waals surface area contributed by atoms with Crippen LogP contribution in [0.5, 0.6) is 0 Å². The van der Waals surface area contributed by atoms with Gasteiger partial charge in [-0.3, -0.25) is 14.4 Å². The van der Waals surface area contributed by atoms with Crippen LogP contribution in [-0.2, 0) is 44.8 Å². The molecule has 11 nitrogen and oxygen atoms in total. The summed E-state index contributed by atoms with van der Waals surface area (Å²) in [6.45, 7) is -0.330. The van der Waals surface area contributed by atoms with Gasteiger partial charge in [-0.15, -0.1) is 0 Å². The third-order valence-electron chi connectivity index (χ3n) is 4.48. The molecule has 1 aromatic rings. The van der Waals surface area contributed by atoms with Crippen LogP contribution in [0.15, 0.2) is 30.3 Å². The van der Waals surface area contributed by atoms with Crippen molar-refractivity contribution in [2.75, 3.05) is 27.8 Å². The summed E-state index contributed by atoms with van der Waals surface area (Å²) in [4.78, 5) is 61.0. The lowest BCUT2D eigenvalue weighted by Crippen LogP contribution is -2.65. The first-order valence-electron chi connectivity index (χ1n) is 9.89. The van der Waals surface area contributed by atoms with Gasteiger partial charge in [0.15, 0.2) is 6.04 Å². The van der Waals surface area contributed by atoms with Crippen LogP contribution in [0.25, 0.3) is 0 Å². The highest BCUT2D eigenvalue weighted by Crippen LogP contribution is 2.05. The van der Waals surface area contributed by atoms with E-state index in [2.05, 4.69) is 20.5 Å². The van der Waals surface area contributed by atoms with Gasteiger partial charge in [-0.1, -0.05) is 30.3 Å². The molecule has 0 aliphatic rings. The van der Waals surface area contributed by atoms with Crippen molar-refractivity contribution in [2.24, 2.45) is 0 Å². The molecular weight excluding hydrogens is 422 g/mol. The van der Waals surface area contributed by atoms with Crippen LogP contribution < -0.4 is 11.1 Å². The number of rotatable bonds is 12. The Labute approximate surface area is 186 Å². The Hall–Kier alpha value is -3.47. The van der Waals surface area contributed by atoms with Gasteiger partial charge >= 0.3 is 17.9 Å². The molecule has 0 aliphatic carbocycles. The molecule has 1 rings (SSSR count). The van der Waals surface area contributed by atoms with Crippen molar-refractivity contribution in [3.05, 3.63) is 35.9 Å². The number of likely N-dealkylation sites (N-methyl/N-ethyl adjacent to an activating group) is 1. The summed E-state index contributed by atoms with van der Waals surface area (Å²) in [6, 6.07) is 7.02. The van der Waals surface area contributed by atoms with Crippen molar-refractivity contribution in [1.82, 2.24) is 10.2 Å². The second-order valence-corrected chi connectivity index (χ2v) is 7.00. The van der Waals surface area contributed by atoms with Gasteiger partial charge in [-0.05, 0) is 5.56 Å². The lowest BCUT2D eigenvalue weighted by Gasteiger charge is -2.20. The topological polar surface area (TPSA) is 156 Å². The summed E-state index contributed by atoms with van der Waals surface area (Å²) >= 11 is 0. The molecule has 0 aliphatic heterocycles. The Morgan fingerprint density at radius 3 is 2.25 bits per heavy atom. The number of carbonyl (C=O) groups is 5. The predicted octanol–water partition coefficient (Wildman–Crippen LogP) is -1.20. The minimum Gasteiger partial charge on any atom is -0.467 e. The van der Waals surface area contributed by atoms with Crippen LogP contribution in [0.3, 0.4) is 0 Å². The van der Waals surface area contributed by atoms with E-state index >= 15 is 0 Å². The molecule has 0 heterocycles. The predicted molar refractivity (Wildman–Crippen MR) is 110 cm³/mol. The summed E-state index contributed by atoms with van der Waals surface area (Å²) < 4.78 is 14.3. The van der Waals surface area contributed by atoms with E-state index in [0.717, 1.165) is 17.6 Å². The highest BCUT2D eigenvalue weighted by molar-refractivity contribution is 5.90. The fraction of sp³-hybridized carbons (Fsp3) is 0.476. The van der Waals surface area contributed by atoms with E-state index in [1.54, 1.807) is 24.3 Å². The number of benzene rings is 1. The van der Waals surface area contributed by atoms with E-state index in [1.165, 1.54) is 14.2 Å². The average Bonchev–Trinajstić information content (AvgIpc) is 2.79. The van der Waals surface area contributed by atoms with Crippen molar-refractivity contribution >= 4 is 29.7 Å². The fourth-order valence-electron chi connectivity index (χ4n) is 2.62. The molecule has 0 saturated carbocycles. The summed E-state index contributed by atoms with van der Waals surface area (Å²) in [5.74, 6) is -3.10. The molecule has 176 valence electrons. The van der Waals surface area contributed by atoms with E-state index in [0.29, 0.717) is 0 Å². The Balaban J connectivity index is 2.54. The molecule has 32 heavy (non-hydrogen) atoms. The normalized spacial score (nSPS) is 12.1. The average molecular weight is 452 g/mol. The first-order valence-corrected chi connectivity index (χ1v) is 9.89. The number of amides is 2. The van der Waals surface area contributed by atoms with Gasteiger partial charge in [0.1, 0.15) is 12.6 Å². The number of methoxy groups -OCH3 is 2. The zero-order chi connectivity index (χ0) is 24.1. The van der Waals surface area contributed by atoms with Crippen molar-refractivity contribution in [3.63, 3.8) is 0 Å². The molecule has 0 fully saturated rings. The van der Waals surface area contributed by atoms with E-state index in [-0.39, 0.29) is 26.0 Å². The minimum absolute atomic E-state index is 0.0146. The molecule has 0 aromatic heterocycles. The van der Waals surface area contributed by atoms with Crippen LogP contribution in [-0.4, -0.2) is 74.5 Å². The van der Waals surface area contributed by atoms with Crippen LogP contribution >= 0.6 is 0 Å². The first kappa shape index (κ1) is 26.6. The van der Waals surface area contributed by atoms with E-state index in [1.807, 2.05) is 6.07 Å². The molecule has 0 saturated heterocycles. The van der Waals surface area contributed by atoms with Crippen LogP contribution in [0.4, 0.5) is 0 Å². The molecule has 0 radical (unpaired) electrons. The maximum atomic E-state index is 12.3. The standard InChI is InChI=1S/C21H29N3O8/c1-24(18(26)10-9-15(22)20(28)30-2)12-17(25)23-16(21(29)31-3)11-19(27)32-13-14-7-5-4-6-8-14/h4-8,15-16H,9-13,22H2,1-3H3,(H,23,25)/p+1/t15-,16-/m1/s1. The van der Waals surface area contributed by atoms with E-state index < -0.39 is 48.2 Å². The number of hydrogen-bond acceptors (Lipinski definition) is 8. The molecule has 11 heteroatoms. The van der Waals surface area contributed by atoms with Gasteiger partial charge in [0.2, 0.25) is 11.8 Å². The van der Waals surface area contributed by atoms with Crippen LogP contribution in [0.1, 0.15) is 24.8 Å². The number of hydrogen-bond donors (Lipinski definition) is 2. The molecular formula is C21H30N3O8+. The molecule has 0 spiro atoms. The van der Waals surface area contributed by atoms with Gasteiger partial charge in [-0.2, -0.15) is 0 Å². The lowest BCUT2D eigenvalue weighted by molar-refractivity contribution is -0.409. The number of nitrogens with one attached hydrogen (secondary N) is 1. The second kappa shape index (κ2) is 13.8. The maximum absolute atomic E-state index is 12.3. The van der Waals surface area contributed by atoms with E-state index in [9.17, 15) is 24.0 Å².